The Hall–Kier alpha value is -3.86. The first-order chi connectivity index (χ1) is 17.9. The number of fused-ring (bicyclic) bond motifs is 1. The number of halogens is 2. The number of aryl methyl sites for hydroxylation is 1. The molecule has 192 valence electrons. The van der Waals surface area contributed by atoms with Crippen LogP contribution in [0.5, 0.6) is 11.5 Å². The summed E-state index contributed by atoms with van der Waals surface area (Å²) in [6.07, 6.45) is 2.23. The molecule has 2 aromatic heterocycles. The second-order valence-electron chi connectivity index (χ2n) is 7.81. The van der Waals surface area contributed by atoms with Crippen molar-refractivity contribution in [1.82, 2.24) is 15.0 Å². The number of nitrogens with zero attached hydrogens (tertiary/aromatic N) is 3. The first-order valence-corrected chi connectivity index (χ1v) is 11.9. The summed E-state index contributed by atoms with van der Waals surface area (Å²) in [6, 6.07) is 8.85. The van der Waals surface area contributed by atoms with Crippen LogP contribution < -0.4 is 25.4 Å². The van der Waals surface area contributed by atoms with Crippen LogP contribution >= 0.6 is 23.2 Å². The SMILES string of the molecule is COc1cc(OC)c(Cl)c(-c2cc3cnc(Nc4c(C)cccc4NC=O)nc3c(NCCO)n2)c1Cl. The number of carbonyl (C=O) groups excluding carboxylic acids is 1. The topological polar surface area (TPSA) is 131 Å². The molecule has 4 aromatic rings. The third-order valence-electron chi connectivity index (χ3n) is 5.52. The second kappa shape index (κ2) is 11.5. The number of nitrogens with one attached hydrogen (secondary N) is 3. The molecule has 10 nitrogen and oxygen atoms in total. The summed E-state index contributed by atoms with van der Waals surface area (Å²) in [4.78, 5) is 24.9. The molecule has 37 heavy (non-hydrogen) atoms. The molecular formula is C25H24Cl2N6O4. The van der Waals surface area contributed by atoms with Crippen molar-refractivity contribution in [3.8, 4) is 22.8 Å². The number of aliphatic hydroxyl groups excluding tert-OH is 1. The highest BCUT2D eigenvalue weighted by Crippen LogP contribution is 2.46. The molecule has 12 heteroatoms. The van der Waals surface area contributed by atoms with E-state index in [1.807, 2.05) is 19.1 Å². The fourth-order valence-electron chi connectivity index (χ4n) is 3.77. The van der Waals surface area contributed by atoms with Gasteiger partial charge in [0.25, 0.3) is 0 Å². The molecule has 0 fully saturated rings. The zero-order valence-electron chi connectivity index (χ0n) is 20.2. The van der Waals surface area contributed by atoms with Crippen molar-refractivity contribution in [2.75, 3.05) is 43.3 Å². The molecule has 0 saturated heterocycles. The number of carbonyl (C=O) groups is 1. The maximum atomic E-state index is 11.0. The Kier molecular flexibility index (Phi) is 8.12. The van der Waals surface area contributed by atoms with Crippen molar-refractivity contribution >= 4 is 63.7 Å². The van der Waals surface area contributed by atoms with E-state index in [1.54, 1.807) is 24.4 Å². The normalized spacial score (nSPS) is 10.8. The molecule has 0 unspecified atom stereocenters. The van der Waals surface area contributed by atoms with E-state index in [-0.39, 0.29) is 29.1 Å². The van der Waals surface area contributed by atoms with Crippen molar-refractivity contribution < 1.29 is 19.4 Å². The molecule has 0 aliphatic heterocycles. The van der Waals surface area contributed by atoms with E-state index in [0.717, 1.165) is 5.56 Å². The monoisotopic (exact) mass is 542 g/mol. The van der Waals surface area contributed by atoms with Gasteiger partial charge >= 0.3 is 0 Å². The van der Waals surface area contributed by atoms with Crippen molar-refractivity contribution in [1.29, 1.82) is 0 Å². The minimum atomic E-state index is -0.123. The van der Waals surface area contributed by atoms with Gasteiger partial charge in [0.1, 0.15) is 17.0 Å². The number of aliphatic hydroxyl groups is 1. The average molecular weight is 543 g/mol. The van der Waals surface area contributed by atoms with E-state index in [2.05, 4.69) is 25.9 Å². The van der Waals surface area contributed by atoms with E-state index in [4.69, 9.17) is 37.7 Å². The lowest BCUT2D eigenvalue weighted by Gasteiger charge is -2.17. The molecular weight excluding hydrogens is 519 g/mol. The van der Waals surface area contributed by atoms with Gasteiger partial charge in [-0.05, 0) is 24.6 Å². The minimum Gasteiger partial charge on any atom is -0.495 e. The lowest BCUT2D eigenvalue weighted by atomic mass is 10.1. The standard InChI is InChI=1S/C25H24Cl2N6O4/c1-13-5-4-6-15(30-12-35)22(13)32-25-29-11-14-9-16(31-24(23(14)33-25)28-7-8-34)19-20(26)17(36-2)10-18(37-3)21(19)27/h4-6,9-12,34H,7-8H2,1-3H3,(H,28,31)(H,30,35)(H,29,32,33). The number of anilines is 4. The van der Waals surface area contributed by atoms with Gasteiger partial charge in [0.15, 0.2) is 5.82 Å². The molecule has 1 amide bonds. The molecule has 2 heterocycles. The van der Waals surface area contributed by atoms with Crippen LogP contribution in [0.1, 0.15) is 5.56 Å². The molecule has 2 aromatic carbocycles. The van der Waals surface area contributed by atoms with E-state index < -0.39 is 0 Å². The summed E-state index contributed by atoms with van der Waals surface area (Å²) >= 11 is 13.2. The minimum absolute atomic E-state index is 0.123. The van der Waals surface area contributed by atoms with Crippen LogP contribution in [0.3, 0.4) is 0 Å². The molecule has 0 spiro atoms. The zero-order valence-corrected chi connectivity index (χ0v) is 21.7. The highest BCUT2D eigenvalue weighted by atomic mass is 35.5. The number of amides is 1. The van der Waals surface area contributed by atoms with Crippen molar-refractivity contribution in [3.05, 3.63) is 52.1 Å². The summed E-state index contributed by atoms with van der Waals surface area (Å²) in [5.74, 6) is 1.42. The highest BCUT2D eigenvalue weighted by molar-refractivity contribution is 6.41. The van der Waals surface area contributed by atoms with Gasteiger partial charge in [-0.25, -0.2) is 15.0 Å². The predicted octanol–water partition coefficient (Wildman–Crippen LogP) is 5.04. The Morgan fingerprint density at radius 2 is 1.81 bits per heavy atom. The summed E-state index contributed by atoms with van der Waals surface area (Å²) in [5.41, 5.74) is 3.47. The van der Waals surface area contributed by atoms with Gasteiger partial charge in [0.2, 0.25) is 12.4 Å². The first kappa shape index (κ1) is 26.2. The number of hydrogen-bond donors (Lipinski definition) is 4. The highest BCUT2D eigenvalue weighted by Gasteiger charge is 2.22. The van der Waals surface area contributed by atoms with Gasteiger partial charge in [-0.2, -0.15) is 0 Å². The lowest BCUT2D eigenvalue weighted by molar-refractivity contribution is -0.105. The molecule has 0 atom stereocenters. The maximum Gasteiger partial charge on any atom is 0.227 e. The van der Waals surface area contributed by atoms with Crippen LogP contribution in [-0.4, -0.2) is 53.8 Å². The first-order valence-electron chi connectivity index (χ1n) is 11.1. The van der Waals surface area contributed by atoms with E-state index in [1.165, 1.54) is 14.2 Å². The van der Waals surface area contributed by atoms with Crippen LogP contribution in [0.4, 0.5) is 23.1 Å². The Labute approximate surface area is 223 Å². The van der Waals surface area contributed by atoms with Gasteiger partial charge in [-0.15, -0.1) is 0 Å². The predicted molar refractivity (Wildman–Crippen MR) is 146 cm³/mol. The molecule has 4 rings (SSSR count). The molecule has 4 N–H and O–H groups in total. The van der Waals surface area contributed by atoms with E-state index in [9.17, 15) is 9.90 Å². The Balaban J connectivity index is 1.86. The molecule has 0 aliphatic carbocycles. The number of rotatable bonds is 10. The summed E-state index contributed by atoms with van der Waals surface area (Å²) in [5, 5.41) is 19.5. The molecule has 0 saturated carbocycles. The third kappa shape index (κ3) is 5.31. The van der Waals surface area contributed by atoms with Crippen molar-refractivity contribution in [2.24, 2.45) is 0 Å². The van der Waals surface area contributed by atoms with E-state index in [0.29, 0.717) is 57.3 Å². The number of benzene rings is 2. The van der Waals surface area contributed by atoms with Gasteiger partial charge in [0, 0.05) is 29.8 Å². The quantitative estimate of drug-likeness (QED) is 0.203. The number of methoxy groups -OCH3 is 2. The number of aromatic nitrogens is 3. The fourth-order valence-corrected chi connectivity index (χ4v) is 4.46. The summed E-state index contributed by atoms with van der Waals surface area (Å²) in [7, 11) is 2.99. The smallest absolute Gasteiger partial charge is 0.227 e. The number of hydrogen-bond acceptors (Lipinski definition) is 9. The third-order valence-corrected chi connectivity index (χ3v) is 6.27. The lowest BCUT2D eigenvalue weighted by Crippen LogP contribution is -2.10. The summed E-state index contributed by atoms with van der Waals surface area (Å²) < 4.78 is 10.8. The van der Waals surface area contributed by atoms with Crippen LogP contribution in [0.15, 0.2) is 36.5 Å². The van der Waals surface area contributed by atoms with Gasteiger partial charge in [-0.3, -0.25) is 4.79 Å². The van der Waals surface area contributed by atoms with Gasteiger partial charge < -0.3 is 30.5 Å². The van der Waals surface area contributed by atoms with Crippen LogP contribution in [-0.2, 0) is 4.79 Å². The Bertz CT molecular complexity index is 1440. The van der Waals surface area contributed by atoms with Crippen LogP contribution in [0.2, 0.25) is 10.0 Å². The van der Waals surface area contributed by atoms with Crippen LogP contribution in [0, 0.1) is 6.92 Å². The number of pyridine rings is 1. The van der Waals surface area contributed by atoms with Crippen molar-refractivity contribution in [3.63, 3.8) is 0 Å². The van der Waals surface area contributed by atoms with Gasteiger partial charge in [-0.1, -0.05) is 35.3 Å². The number of ether oxygens (including phenoxy) is 2. The fraction of sp³-hybridized carbons (Fsp3) is 0.200. The largest absolute Gasteiger partial charge is 0.495 e. The zero-order chi connectivity index (χ0) is 26.5. The number of para-hydroxylation sites is 1. The average Bonchev–Trinajstić information content (AvgIpc) is 2.89. The Morgan fingerprint density at radius 1 is 1.08 bits per heavy atom. The van der Waals surface area contributed by atoms with Crippen molar-refractivity contribution in [2.45, 2.75) is 6.92 Å². The van der Waals surface area contributed by atoms with E-state index >= 15 is 0 Å². The maximum absolute atomic E-state index is 11.0. The Morgan fingerprint density at radius 3 is 2.46 bits per heavy atom. The summed E-state index contributed by atoms with van der Waals surface area (Å²) in [6.45, 7) is 2.01. The molecule has 0 radical (unpaired) electrons. The molecule has 0 bridgehead atoms. The van der Waals surface area contributed by atoms with Gasteiger partial charge in [0.05, 0.1) is 47.9 Å². The molecule has 0 aliphatic rings. The second-order valence-corrected chi connectivity index (χ2v) is 8.56. The van der Waals surface area contributed by atoms with Crippen LogP contribution in [0.25, 0.3) is 22.2 Å².